The molecule has 2 bridgehead atoms. The van der Waals surface area contributed by atoms with Gasteiger partial charge in [0.2, 0.25) is 0 Å². The first-order valence-electron chi connectivity index (χ1n) is 13.1. The summed E-state index contributed by atoms with van der Waals surface area (Å²) in [5.74, 6) is -0.899. The molecule has 3 rings (SSSR count). The fraction of sp³-hybridized carbons (Fsp3) is 0.750. The van der Waals surface area contributed by atoms with Crippen LogP contribution in [0.15, 0.2) is 24.3 Å². The van der Waals surface area contributed by atoms with Gasteiger partial charge in [-0.25, -0.2) is 4.79 Å². The van der Waals surface area contributed by atoms with Crippen molar-refractivity contribution in [3.63, 3.8) is 0 Å². The Hall–Kier alpha value is -1.99. The first-order chi connectivity index (χ1) is 16.6. The highest BCUT2D eigenvalue weighted by Crippen LogP contribution is 2.55. The summed E-state index contributed by atoms with van der Waals surface area (Å²) in [5, 5.41) is 10.00. The van der Waals surface area contributed by atoms with Gasteiger partial charge in [-0.3, -0.25) is 9.59 Å². The van der Waals surface area contributed by atoms with Crippen molar-refractivity contribution in [2.75, 3.05) is 6.61 Å². The summed E-state index contributed by atoms with van der Waals surface area (Å²) in [4.78, 5) is 38.2. The maximum Gasteiger partial charge on any atom is 0.348 e. The van der Waals surface area contributed by atoms with Crippen LogP contribution in [-0.4, -0.2) is 53.3 Å². The number of hydrogen-bond donors (Lipinski definition) is 1. The molecule has 1 aliphatic carbocycles. The van der Waals surface area contributed by atoms with Gasteiger partial charge in [-0.1, -0.05) is 39.5 Å². The van der Waals surface area contributed by atoms with Crippen LogP contribution in [0.1, 0.15) is 79.1 Å². The van der Waals surface area contributed by atoms with E-state index in [0.717, 1.165) is 18.4 Å². The van der Waals surface area contributed by atoms with E-state index in [1.54, 1.807) is 6.92 Å². The molecule has 1 saturated carbocycles. The predicted octanol–water partition coefficient (Wildman–Crippen LogP) is 4.31. The number of carbonyl (C=O) groups excluding carboxylic acids is 3. The van der Waals surface area contributed by atoms with Crippen LogP contribution in [0, 0.1) is 23.7 Å². The largest absolute Gasteiger partial charge is 0.454 e. The molecule has 3 fully saturated rings. The zero-order valence-corrected chi connectivity index (χ0v) is 21.7. The van der Waals surface area contributed by atoms with Crippen molar-refractivity contribution in [1.82, 2.24) is 0 Å². The summed E-state index contributed by atoms with van der Waals surface area (Å²) < 4.78 is 18.2. The quantitative estimate of drug-likeness (QED) is 0.307. The highest BCUT2D eigenvalue weighted by atomic mass is 16.6. The summed E-state index contributed by atoms with van der Waals surface area (Å²) in [6.07, 6.45) is 2.01. The Morgan fingerprint density at radius 2 is 1.97 bits per heavy atom. The average molecular weight is 491 g/mol. The maximum absolute atomic E-state index is 13.3. The smallest absolute Gasteiger partial charge is 0.348 e. The third-order valence-corrected chi connectivity index (χ3v) is 8.26. The Kier molecular flexibility index (Phi) is 8.97. The number of carbonyl (C=O) groups is 3. The first kappa shape index (κ1) is 27.6. The Balaban J connectivity index is 1.97. The van der Waals surface area contributed by atoms with Crippen LogP contribution in [-0.2, 0) is 28.6 Å². The lowest BCUT2D eigenvalue weighted by Gasteiger charge is -2.45. The fourth-order valence-corrected chi connectivity index (χ4v) is 6.22. The van der Waals surface area contributed by atoms with Crippen molar-refractivity contribution in [1.29, 1.82) is 0 Å². The molecule has 3 aliphatic rings. The van der Waals surface area contributed by atoms with Gasteiger partial charge in [0, 0.05) is 37.7 Å². The van der Waals surface area contributed by atoms with Gasteiger partial charge in [0.1, 0.15) is 11.7 Å². The van der Waals surface area contributed by atoms with E-state index < -0.39 is 29.7 Å². The van der Waals surface area contributed by atoms with Crippen molar-refractivity contribution in [3.05, 3.63) is 24.3 Å². The Bertz CT molecular complexity index is 848. The Morgan fingerprint density at radius 3 is 2.60 bits per heavy atom. The van der Waals surface area contributed by atoms with Crippen molar-refractivity contribution < 1.29 is 33.7 Å². The molecular formula is C28H42O7. The molecule has 2 aliphatic heterocycles. The molecule has 0 amide bonds. The second-order valence-corrected chi connectivity index (χ2v) is 10.8. The molecule has 0 aromatic carbocycles. The van der Waals surface area contributed by atoms with E-state index in [2.05, 4.69) is 13.2 Å². The Labute approximate surface area is 209 Å². The van der Waals surface area contributed by atoms with E-state index >= 15 is 0 Å². The van der Waals surface area contributed by atoms with E-state index in [1.807, 2.05) is 20.8 Å². The van der Waals surface area contributed by atoms with Crippen molar-refractivity contribution >= 4 is 17.7 Å². The highest BCUT2D eigenvalue weighted by Gasteiger charge is 2.59. The van der Waals surface area contributed by atoms with Crippen molar-refractivity contribution in [3.8, 4) is 0 Å². The molecule has 8 atom stereocenters. The molecule has 7 nitrogen and oxygen atoms in total. The van der Waals surface area contributed by atoms with Gasteiger partial charge >= 0.3 is 11.9 Å². The van der Waals surface area contributed by atoms with E-state index in [1.165, 1.54) is 0 Å². The summed E-state index contributed by atoms with van der Waals surface area (Å²) in [5.41, 5.74) is 0.498. The summed E-state index contributed by atoms with van der Waals surface area (Å²) in [6, 6.07) is 0. The van der Waals surface area contributed by atoms with Gasteiger partial charge in [-0.15, -0.1) is 0 Å². The number of hydrogen-bond acceptors (Lipinski definition) is 7. The van der Waals surface area contributed by atoms with Crippen LogP contribution < -0.4 is 0 Å². The van der Waals surface area contributed by atoms with Gasteiger partial charge in [0.25, 0.3) is 0 Å². The van der Waals surface area contributed by atoms with Gasteiger partial charge in [0.15, 0.2) is 11.9 Å². The third kappa shape index (κ3) is 5.72. The predicted molar refractivity (Wildman–Crippen MR) is 131 cm³/mol. The zero-order valence-electron chi connectivity index (χ0n) is 21.7. The molecule has 0 spiro atoms. The van der Waals surface area contributed by atoms with Gasteiger partial charge in [0.05, 0.1) is 6.10 Å². The topological polar surface area (TPSA) is 99.1 Å². The molecule has 7 heteroatoms. The van der Waals surface area contributed by atoms with Crippen LogP contribution in [0.4, 0.5) is 0 Å². The first-order valence-corrected chi connectivity index (χ1v) is 13.1. The molecule has 0 aromatic rings. The van der Waals surface area contributed by atoms with Crippen LogP contribution >= 0.6 is 0 Å². The standard InChI is InChI=1S/C28H42O7/c1-7-9-23(31)33-21(8-2)27(32)35-28(6)13-12-20(30)17(4)14-22-24-16(3)10-11-19(18(5)15-29)25(24)26(28)34-22/h18-19,21-22,24-26,29H,3-4,7-15H2,1-2,5-6H3. The molecule has 196 valence electrons. The van der Waals surface area contributed by atoms with E-state index in [0.29, 0.717) is 24.8 Å². The maximum atomic E-state index is 13.3. The third-order valence-electron chi connectivity index (χ3n) is 8.26. The number of fused-ring (bicyclic) bond motifs is 5. The zero-order chi connectivity index (χ0) is 25.9. The minimum absolute atomic E-state index is 0.00205. The number of ketones is 1. The number of esters is 2. The molecule has 0 radical (unpaired) electrons. The number of aliphatic hydroxyl groups is 1. The van der Waals surface area contributed by atoms with Crippen LogP contribution in [0.25, 0.3) is 0 Å². The normalized spacial score (nSPS) is 34.8. The minimum Gasteiger partial charge on any atom is -0.454 e. The van der Waals surface area contributed by atoms with Crippen LogP contribution in [0.3, 0.4) is 0 Å². The summed E-state index contributed by atoms with van der Waals surface area (Å²) >= 11 is 0. The number of aliphatic hydroxyl groups excluding tert-OH is 1. The fourth-order valence-electron chi connectivity index (χ4n) is 6.22. The summed E-state index contributed by atoms with van der Waals surface area (Å²) in [6.45, 7) is 15.9. The molecule has 0 aromatic heterocycles. The molecular weight excluding hydrogens is 448 g/mol. The molecule has 2 saturated heterocycles. The van der Waals surface area contributed by atoms with Gasteiger partial charge in [-0.2, -0.15) is 0 Å². The monoisotopic (exact) mass is 490 g/mol. The minimum atomic E-state index is -1.11. The SMILES string of the molecule is C=C1CC2OC(C3C(C(C)CO)CCC(=C)C23)C(C)(OC(=O)C(CC)OC(=O)CCC)CCC1=O. The van der Waals surface area contributed by atoms with Crippen LogP contribution in [0.2, 0.25) is 0 Å². The number of ether oxygens (including phenoxy) is 3. The lowest BCUT2D eigenvalue weighted by atomic mass is 9.61. The van der Waals surface area contributed by atoms with Crippen molar-refractivity contribution in [2.24, 2.45) is 23.7 Å². The molecule has 8 unspecified atom stereocenters. The van der Waals surface area contributed by atoms with Crippen molar-refractivity contribution in [2.45, 2.75) is 103 Å². The second-order valence-electron chi connectivity index (χ2n) is 10.8. The second kappa shape index (κ2) is 11.4. The molecule has 2 heterocycles. The van der Waals surface area contributed by atoms with E-state index in [9.17, 15) is 19.5 Å². The lowest BCUT2D eigenvalue weighted by Crippen LogP contribution is -2.52. The van der Waals surface area contributed by atoms with Gasteiger partial charge < -0.3 is 19.3 Å². The number of Topliss-reactive ketones (excluding diaryl/α,β-unsaturated/α-hetero) is 1. The van der Waals surface area contributed by atoms with E-state index in [4.69, 9.17) is 14.2 Å². The lowest BCUT2D eigenvalue weighted by molar-refractivity contribution is -0.195. The highest BCUT2D eigenvalue weighted by molar-refractivity contribution is 5.94. The van der Waals surface area contributed by atoms with Gasteiger partial charge in [-0.05, 0) is 56.4 Å². The Morgan fingerprint density at radius 1 is 1.26 bits per heavy atom. The molecule has 1 N–H and O–H groups in total. The summed E-state index contributed by atoms with van der Waals surface area (Å²) in [7, 11) is 0. The molecule has 35 heavy (non-hydrogen) atoms. The number of rotatable bonds is 8. The van der Waals surface area contributed by atoms with Crippen LogP contribution in [0.5, 0.6) is 0 Å². The van der Waals surface area contributed by atoms with E-state index in [-0.39, 0.29) is 61.4 Å². The average Bonchev–Trinajstić information content (AvgIpc) is 3.22.